The van der Waals surface area contributed by atoms with Crippen LogP contribution in [0.2, 0.25) is 0 Å². The maximum atomic E-state index is 13.2. The molecule has 3 N–H and O–H groups in total. The second-order valence-corrected chi connectivity index (χ2v) is 13.0. The molecule has 2 aromatic carbocycles. The number of hydrogen-bond acceptors (Lipinski definition) is 10. The van der Waals surface area contributed by atoms with E-state index in [1.54, 1.807) is 57.2 Å². The summed E-state index contributed by atoms with van der Waals surface area (Å²) >= 11 is 0. The molecule has 266 valence electrons. The number of cyclic esters (lactones) is 1. The highest BCUT2D eigenvalue weighted by molar-refractivity contribution is 5.94. The topological polar surface area (TPSA) is 175 Å². The number of hydrogen-bond donors (Lipinski definition) is 3. The molecule has 0 radical (unpaired) electrons. The average molecular weight is 682 g/mol. The summed E-state index contributed by atoms with van der Waals surface area (Å²) in [6, 6.07) is 13.2. The third kappa shape index (κ3) is 12.2. The molecule has 0 aliphatic carbocycles. The van der Waals surface area contributed by atoms with Crippen molar-refractivity contribution in [1.82, 2.24) is 16.0 Å². The van der Waals surface area contributed by atoms with E-state index in [0.717, 1.165) is 12.0 Å². The molecule has 49 heavy (non-hydrogen) atoms. The molecular weight excluding hydrogens is 634 g/mol. The number of carbonyl (C=O) groups is 6. The van der Waals surface area contributed by atoms with Gasteiger partial charge in [0.1, 0.15) is 36.8 Å². The largest absolute Gasteiger partial charge is 0.459 e. The summed E-state index contributed by atoms with van der Waals surface area (Å²) < 4.78 is 21.1. The standard InChI is InChI=1S/C36H47N3O10/c1-7-22(2)28-29(48-34(28)44)31(41)37-19-11-14-27(39-30(40)23(3)38-35(45)47-21-24-12-9-8-10-13-24)33(43)46-20-25-15-17-26(18-16-25)32(42)49-36(4,5)6/h8-10,12-13,15-18,22-23,27-29H,7,11,14,19-21H2,1-6H3,(H,37,41)(H,38,45)(H,39,40)/t22-,23-,27-,28-,29+/m0/s1. The van der Waals surface area contributed by atoms with Crippen molar-refractivity contribution in [3.63, 3.8) is 0 Å². The van der Waals surface area contributed by atoms with Crippen molar-refractivity contribution in [2.75, 3.05) is 6.54 Å². The molecule has 1 aliphatic heterocycles. The number of amides is 3. The summed E-state index contributed by atoms with van der Waals surface area (Å²) in [5, 5.41) is 7.80. The molecule has 5 atom stereocenters. The molecular formula is C36H47N3O10. The van der Waals surface area contributed by atoms with Crippen molar-refractivity contribution in [3.05, 3.63) is 71.3 Å². The van der Waals surface area contributed by atoms with Gasteiger partial charge in [0.2, 0.25) is 5.91 Å². The first-order valence-corrected chi connectivity index (χ1v) is 16.4. The number of esters is 3. The van der Waals surface area contributed by atoms with Gasteiger partial charge in [0.05, 0.1) is 5.56 Å². The predicted octanol–water partition coefficient (Wildman–Crippen LogP) is 3.97. The van der Waals surface area contributed by atoms with Crippen LogP contribution in [-0.4, -0.2) is 66.1 Å². The highest BCUT2D eigenvalue weighted by Gasteiger charge is 2.49. The molecule has 3 rings (SSSR count). The fraction of sp³-hybridized carbons (Fsp3) is 0.500. The number of nitrogens with one attached hydrogen (secondary N) is 3. The fourth-order valence-electron chi connectivity index (χ4n) is 4.83. The van der Waals surface area contributed by atoms with E-state index in [0.29, 0.717) is 11.1 Å². The molecule has 2 aromatic rings. The van der Waals surface area contributed by atoms with Crippen molar-refractivity contribution in [2.45, 2.75) is 97.8 Å². The average Bonchev–Trinajstić information content (AvgIpc) is 3.05. The van der Waals surface area contributed by atoms with Gasteiger partial charge >= 0.3 is 24.0 Å². The minimum atomic E-state index is -1.12. The Morgan fingerprint density at radius 1 is 0.878 bits per heavy atom. The highest BCUT2D eigenvalue weighted by atomic mass is 16.6. The zero-order chi connectivity index (χ0) is 36.1. The predicted molar refractivity (Wildman–Crippen MR) is 178 cm³/mol. The van der Waals surface area contributed by atoms with E-state index in [1.165, 1.54) is 6.92 Å². The van der Waals surface area contributed by atoms with Crippen LogP contribution in [0.25, 0.3) is 0 Å². The van der Waals surface area contributed by atoms with E-state index in [-0.39, 0.29) is 38.5 Å². The first-order chi connectivity index (χ1) is 23.2. The van der Waals surface area contributed by atoms with Gasteiger partial charge in [0.15, 0.2) is 6.10 Å². The highest BCUT2D eigenvalue weighted by Crippen LogP contribution is 2.31. The van der Waals surface area contributed by atoms with Crippen LogP contribution in [0.3, 0.4) is 0 Å². The van der Waals surface area contributed by atoms with Crippen LogP contribution >= 0.6 is 0 Å². The van der Waals surface area contributed by atoms with E-state index in [1.807, 2.05) is 32.0 Å². The van der Waals surface area contributed by atoms with Gasteiger partial charge in [-0.05, 0) is 69.7 Å². The second kappa shape index (κ2) is 18.0. The summed E-state index contributed by atoms with van der Waals surface area (Å²) in [5.74, 6) is -3.20. The van der Waals surface area contributed by atoms with Gasteiger partial charge < -0.3 is 34.9 Å². The third-order valence-corrected chi connectivity index (χ3v) is 7.84. The number of alkyl carbamates (subject to hydrolysis) is 1. The van der Waals surface area contributed by atoms with Gasteiger partial charge in [0.25, 0.3) is 5.91 Å². The number of rotatable bonds is 16. The molecule has 0 bridgehead atoms. The van der Waals surface area contributed by atoms with Gasteiger partial charge in [-0.25, -0.2) is 14.4 Å². The summed E-state index contributed by atoms with van der Waals surface area (Å²) in [6.45, 7) is 10.6. The van der Waals surface area contributed by atoms with Crippen molar-refractivity contribution in [2.24, 2.45) is 11.8 Å². The monoisotopic (exact) mass is 681 g/mol. The molecule has 0 unspecified atom stereocenters. The molecule has 1 fully saturated rings. The molecule has 0 aromatic heterocycles. The Balaban J connectivity index is 1.57. The van der Waals surface area contributed by atoms with Gasteiger partial charge in [-0.15, -0.1) is 0 Å². The smallest absolute Gasteiger partial charge is 0.408 e. The van der Waals surface area contributed by atoms with E-state index >= 15 is 0 Å². The normalized spacial score (nSPS) is 17.2. The van der Waals surface area contributed by atoms with Crippen molar-refractivity contribution >= 4 is 35.8 Å². The Morgan fingerprint density at radius 2 is 1.51 bits per heavy atom. The van der Waals surface area contributed by atoms with Gasteiger partial charge in [-0.1, -0.05) is 62.7 Å². The Labute approximate surface area is 286 Å². The first kappa shape index (κ1) is 38.5. The van der Waals surface area contributed by atoms with Gasteiger partial charge in [-0.2, -0.15) is 0 Å². The zero-order valence-electron chi connectivity index (χ0n) is 28.9. The Bertz CT molecular complexity index is 1460. The van der Waals surface area contributed by atoms with E-state index in [4.69, 9.17) is 18.9 Å². The van der Waals surface area contributed by atoms with Crippen molar-refractivity contribution in [1.29, 1.82) is 0 Å². The van der Waals surface area contributed by atoms with Gasteiger partial charge in [-0.3, -0.25) is 14.4 Å². The molecule has 0 spiro atoms. The summed E-state index contributed by atoms with van der Waals surface area (Å²) in [6.07, 6.45) is -0.591. The minimum absolute atomic E-state index is 0.00824. The number of benzene rings is 2. The summed E-state index contributed by atoms with van der Waals surface area (Å²) in [5.41, 5.74) is 1.06. The van der Waals surface area contributed by atoms with E-state index < -0.39 is 65.5 Å². The van der Waals surface area contributed by atoms with E-state index in [9.17, 15) is 28.8 Å². The maximum Gasteiger partial charge on any atom is 0.408 e. The fourth-order valence-corrected chi connectivity index (χ4v) is 4.83. The van der Waals surface area contributed by atoms with Crippen LogP contribution in [0.5, 0.6) is 0 Å². The van der Waals surface area contributed by atoms with Crippen molar-refractivity contribution < 1.29 is 47.7 Å². The van der Waals surface area contributed by atoms with Crippen LogP contribution < -0.4 is 16.0 Å². The Hall–Kier alpha value is -4.94. The van der Waals surface area contributed by atoms with Crippen LogP contribution in [0, 0.1) is 11.8 Å². The lowest BCUT2D eigenvalue weighted by molar-refractivity contribution is -0.193. The molecule has 3 amide bonds. The lowest BCUT2D eigenvalue weighted by Gasteiger charge is -2.37. The Kier molecular flexibility index (Phi) is 14.1. The van der Waals surface area contributed by atoms with Crippen LogP contribution in [-0.2, 0) is 51.3 Å². The van der Waals surface area contributed by atoms with Crippen LogP contribution in [0.4, 0.5) is 4.79 Å². The lowest BCUT2D eigenvalue weighted by atomic mass is 9.83. The zero-order valence-corrected chi connectivity index (χ0v) is 28.9. The van der Waals surface area contributed by atoms with Crippen molar-refractivity contribution in [3.8, 4) is 0 Å². The Morgan fingerprint density at radius 3 is 2.12 bits per heavy atom. The molecule has 13 nitrogen and oxygen atoms in total. The summed E-state index contributed by atoms with van der Waals surface area (Å²) in [4.78, 5) is 75.4. The number of ether oxygens (including phenoxy) is 4. The van der Waals surface area contributed by atoms with Crippen LogP contribution in [0.15, 0.2) is 54.6 Å². The molecule has 1 aliphatic rings. The quantitative estimate of drug-likeness (QED) is 0.134. The van der Waals surface area contributed by atoms with E-state index in [2.05, 4.69) is 16.0 Å². The minimum Gasteiger partial charge on any atom is -0.459 e. The van der Waals surface area contributed by atoms with Crippen LogP contribution in [0.1, 0.15) is 82.3 Å². The molecule has 1 heterocycles. The molecule has 1 saturated heterocycles. The van der Waals surface area contributed by atoms with Gasteiger partial charge in [0, 0.05) is 6.54 Å². The SMILES string of the molecule is CC[C@H](C)[C@@H]1C(=O)O[C@H]1C(=O)NCCC[C@H](NC(=O)[C@H](C)NC(=O)OCc1ccccc1)C(=O)OCc1ccc(C(=O)OC(C)(C)C)cc1. The third-order valence-electron chi connectivity index (χ3n) is 7.84. The molecule has 13 heteroatoms. The molecule has 0 saturated carbocycles. The number of carbonyl (C=O) groups excluding carboxylic acids is 6. The maximum absolute atomic E-state index is 13.2. The first-order valence-electron chi connectivity index (χ1n) is 16.4. The second-order valence-electron chi connectivity index (χ2n) is 13.0. The lowest BCUT2D eigenvalue weighted by Crippen LogP contribution is -2.56. The summed E-state index contributed by atoms with van der Waals surface area (Å²) in [7, 11) is 0.